The molecule has 2 aliphatic carbocycles. The van der Waals surface area contributed by atoms with Crippen molar-refractivity contribution in [2.75, 3.05) is 20.8 Å². The first kappa shape index (κ1) is 17.5. The van der Waals surface area contributed by atoms with Crippen molar-refractivity contribution in [2.45, 2.75) is 70.6 Å². The number of urea groups is 1. The van der Waals surface area contributed by atoms with Crippen LogP contribution in [0.1, 0.15) is 52.9 Å². The smallest absolute Gasteiger partial charge is 0.317 e. The van der Waals surface area contributed by atoms with Crippen LogP contribution in [0.3, 0.4) is 0 Å². The van der Waals surface area contributed by atoms with Gasteiger partial charge in [-0.25, -0.2) is 4.79 Å². The first-order chi connectivity index (χ1) is 10.2. The fourth-order valence-corrected chi connectivity index (χ4v) is 3.85. The number of aliphatic hydroxyl groups is 1. The second-order valence-corrected chi connectivity index (χ2v) is 7.83. The van der Waals surface area contributed by atoms with E-state index in [9.17, 15) is 9.90 Å². The third kappa shape index (κ3) is 2.98. The van der Waals surface area contributed by atoms with Crippen molar-refractivity contribution in [1.29, 1.82) is 0 Å². The Morgan fingerprint density at radius 1 is 1.27 bits per heavy atom. The van der Waals surface area contributed by atoms with E-state index >= 15 is 0 Å². The van der Waals surface area contributed by atoms with Gasteiger partial charge in [0.1, 0.15) is 0 Å². The zero-order valence-electron chi connectivity index (χ0n) is 14.7. The van der Waals surface area contributed by atoms with Gasteiger partial charge < -0.3 is 20.1 Å². The lowest BCUT2D eigenvalue weighted by atomic mass is 9.56. The number of carbonyl (C=O) groups is 1. The molecule has 0 heterocycles. The molecule has 0 saturated heterocycles. The van der Waals surface area contributed by atoms with Gasteiger partial charge in [0, 0.05) is 38.3 Å². The topological polar surface area (TPSA) is 61.8 Å². The largest absolute Gasteiger partial charge is 0.396 e. The molecule has 2 unspecified atom stereocenters. The molecule has 0 aromatic carbocycles. The molecule has 0 aromatic rings. The van der Waals surface area contributed by atoms with Crippen LogP contribution in [0, 0.1) is 11.3 Å². The molecule has 0 aromatic heterocycles. The summed E-state index contributed by atoms with van der Waals surface area (Å²) in [5.41, 5.74) is -0.227. The third-order valence-corrected chi connectivity index (χ3v) is 6.52. The number of aliphatic hydroxyl groups excluding tert-OH is 1. The van der Waals surface area contributed by atoms with E-state index in [0.717, 1.165) is 32.1 Å². The Bertz CT molecular complexity index is 405. The minimum absolute atomic E-state index is 0.0173. The molecule has 2 atom stereocenters. The number of amides is 2. The predicted molar refractivity (Wildman–Crippen MR) is 86.7 cm³/mol. The SMILES string of the molecule is COC1(C)CC(NC(=O)N(C)C2CCC(CO)CC2)C1(C)C. The zero-order chi connectivity index (χ0) is 16.5. The summed E-state index contributed by atoms with van der Waals surface area (Å²) < 4.78 is 5.61. The van der Waals surface area contributed by atoms with Gasteiger partial charge in [-0.05, 0) is 44.9 Å². The van der Waals surface area contributed by atoms with Gasteiger partial charge in [-0.15, -0.1) is 0 Å². The molecule has 0 bridgehead atoms. The van der Waals surface area contributed by atoms with Crippen molar-refractivity contribution in [2.24, 2.45) is 11.3 Å². The van der Waals surface area contributed by atoms with Crippen molar-refractivity contribution < 1.29 is 14.6 Å². The molecule has 0 radical (unpaired) electrons. The monoisotopic (exact) mass is 312 g/mol. The van der Waals surface area contributed by atoms with Crippen molar-refractivity contribution in [3.8, 4) is 0 Å². The highest BCUT2D eigenvalue weighted by atomic mass is 16.5. The summed E-state index contributed by atoms with van der Waals surface area (Å²) in [5.74, 6) is 0.417. The Hall–Kier alpha value is -0.810. The zero-order valence-corrected chi connectivity index (χ0v) is 14.7. The van der Waals surface area contributed by atoms with Gasteiger partial charge in [0.25, 0.3) is 0 Å². The Kier molecular flexibility index (Phi) is 5.07. The second-order valence-electron chi connectivity index (χ2n) is 7.83. The fraction of sp³-hybridized carbons (Fsp3) is 0.941. The maximum absolute atomic E-state index is 12.5. The van der Waals surface area contributed by atoms with E-state index in [0.29, 0.717) is 12.0 Å². The van der Waals surface area contributed by atoms with E-state index in [1.54, 1.807) is 7.11 Å². The molecule has 2 rings (SSSR count). The lowest BCUT2D eigenvalue weighted by Crippen LogP contribution is -2.69. The molecule has 0 spiro atoms. The standard InChI is InChI=1S/C17H32N2O3/c1-16(2)14(10-17(16,3)22-5)18-15(21)19(4)13-8-6-12(11-20)7-9-13/h12-14,20H,6-11H2,1-5H3,(H,18,21). The molecular formula is C17H32N2O3. The number of rotatable bonds is 4. The maximum Gasteiger partial charge on any atom is 0.317 e. The van der Waals surface area contributed by atoms with Crippen LogP contribution in [-0.2, 0) is 4.74 Å². The summed E-state index contributed by atoms with van der Waals surface area (Å²) in [6, 6.07) is 0.463. The van der Waals surface area contributed by atoms with Crippen molar-refractivity contribution >= 4 is 6.03 Å². The number of nitrogens with zero attached hydrogens (tertiary/aromatic N) is 1. The number of methoxy groups -OCH3 is 1. The Morgan fingerprint density at radius 2 is 1.86 bits per heavy atom. The summed E-state index contributed by atoms with van der Waals surface area (Å²) in [5, 5.41) is 12.4. The molecule has 128 valence electrons. The Morgan fingerprint density at radius 3 is 2.32 bits per heavy atom. The lowest BCUT2D eigenvalue weighted by molar-refractivity contribution is -0.177. The fourth-order valence-electron chi connectivity index (χ4n) is 3.85. The van der Waals surface area contributed by atoms with E-state index in [1.165, 1.54) is 0 Å². The van der Waals surface area contributed by atoms with Crippen molar-refractivity contribution in [3.05, 3.63) is 0 Å². The Labute approximate surface area is 134 Å². The molecular weight excluding hydrogens is 280 g/mol. The maximum atomic E-state index is 12.5. The number of carbonyl (C=O) groups excluding carboxylic acids is 1. The molecule has 22 heavy (non-hydrogen) atoms. The van der Waals surface area contributed by atoms with Crippen LogP contribution in [0.25, 0.3) is 0 Å². The van der Waals surface area contributed by atoms with E-state index < -0.39 is 0 Å². The second kappa shape index (κ2) is 6.36. The Balaban J connectivity index is 1.86. The predicted octanol–water partition coefficient (Wildman–Crippen LogP) is 2.38. The van der Waals surface area contributed by atoms with E-state index in [2.05, 4.69) is 26.1 Å². The molecule has 2 aliphatic rings. The quantitative estimate of drug-likeness (QED) is 0.838. The van der Waals surface area contributed by atoms with E-state index in [-0.39, 0.29) is 29.7 Å². The normalized spacial score (nSPS) is 37.3. The minimum atomic E-state index is -0.164. The molecule has 2 amide bonds. The average molecular weight is 312 g/mol. The van der Waals surface area contributed by atoms with Crippen LogP contribution >= 0.6 is 0 Å². The van der Waals surface area contributed by atoms with Gasteiger partial charge in [0.15, 0.2) is 0 Å². The summed E-state index contributed by atoms with van der Waals surface area (Å²) in [6.07, 6.45) is 4.84. The highest BCUT2D eigenvalue weighted by molar-refractivity contribution is 5.75. The highest BCUT2D eigenvalue weighted by Gasteiger charge is 2.58. The number of ether oxygens (including phenoxy) is 1. The highest BCUT2D eigenvalue weighted by Crippen LogP contribution is 2.51. The molecule has 2 N–H and O–H groups in total. The van der Waals surface area contributed by atoms with Crippen LogP contribution in [0.2, 0.25) is 0 Å². The third-order valence-electron chi connectivity index (χ3n) is 6.52. The van der Waals surface area contributed by atoms with Gasteiger partial charge in [-0.2, -0.15) is 0 Å². The van der Waals surface area contributed by atoms with Gasteiger partial charge in [0.2, 0.25) is 0 Å². The van der Waals surface area contributed by atoms with Gasteiger partial charge >= 0.3 is 6.03 Å². The van der Waals surface area contributed by atoms with Gasteiger partial charge in [-0.1, -0.05) is 13.8 Å². The number of nitrogens with one attached hydrogen (secondary N) is 1. The summed E-state index contributed by atoms with van der Waals surface area (Å²) in [7, 11) is 3.63. The van der Waals surface area contributed by atoms with Crippen LogP contribution < -0.4 is 5.32 Å². The first-order valence-electron chi connectivity index (χ1n) is 8.44. The number of hydrogen-bond acceptors (Lipinski definition) is 3. The van der Waals surface area contributed by atoms with Crippen LogP contribution in [0.4, 0.5) is 4.79 Å². The summed E-state index contributed by atoms with van der Waals surface area (Å²) in [6.45, 7) is 6.68. The molecule has 2 saturated carbocycles. The molecule has 5 heteroatoms. The van der Waals surface area contributed by atoms with Gasteiger partial charge in [0.05, 0.1) is 5.60 Å². The van der Waals surface area contributed by atoms with Crippen molar-refractivity contribution in [1.82, 2.24) is 10.2 Å². The van der Waals surface area contributed by atoms with Crippen LogP contribution in [0.15, 0.2) is 0 Å². The van der Waals surface area contributed by atoms with E-state index in [1.807, 2.05) is 11.9 Å². The van der Waals surface area contributed by atoms with Gasteiger partial charge in [-0.3, -0.25) is 0 Å². The molecule has 2 fully saturated rings. The number of hydrogen-bond donors (Lipinski definition) is 2. The molecule has 0 aliphatic heterocycles. The van der Waals surface area contributed by atoms with Crippen LogP contribution in [0.5, 0.6) is 0 Å². The summed E-state index contributed by atoms with van der Waals surface area (Å²) >= 11 is 0. The van der Waals surface area contributed by atoms with Crippen molar-refractivity contribution in [3.63, 3.8) is 0 Å². The summed E-state index contributed by atoms with van der Waals surface area (Å²) in [4.78, 5) is 14.4. The van der Waals surface area contributed by atoms with E-state index in [4.69, 9.17) is 4.74 Å². The molecule has 5 nitrogen and oxygen atoms in total. The minimum Gasteiger partial charge on any atom is -0.396 e. The first-order valence-corrected chi connectivity index (χ1v) is 8.44. The van der Waals surface area contributed by atoms with Crippen LogP contribution in [-0.4, -0.2) is 54.5 Å². The lowest BCUT2D eigenvalue weighted by Gasteiger charge is -2.59. The average Bonchev–Trinajstić information content (AvgIpc) is 2.53.